The minimum atomic E-state index is -1.01. The second-order valence-electron chi connectivity index (χ2n) is 6.19. The maximum atomic E-state index is 14.0. The highest BCUT2D eigenvalue weighted by Crippen LogP contribution is 2.26. The number of hydrogen-bond acceptors (Lipinski definition) is 3. The van der Waals surface area contributed by atoms with Crippen LogP contribution < -0.4 is 15.8 Å². The van der Waals surface area contributed by atoms with Crippen LogP contribution in [0.15, 0.2) is 48.5 Å². The number of hydrogen-bond donors (Lipinski definition) is 2. The van der Waals surface area contributed by atoms with Crippen molar-refractivity contribution in [2.45, 2.75) is 25.8 Å². The number of carbonyl (C=O) groups excluding carboxylic acids is 2. The van der Waals surface area contributed by atoms with Crippen molar-refractivity contribution in [3.63, 3.8) is 0 Å². The lowest BCUT2D eigenvalue weighted by molar-refractivity contribution is -0.126. The third-order valence-electron chi connectivity index (χ3n) is 3.85. The average Bonchev–Trinajstić information content (AvgIpc) is 2.58. The first-order valence-corrected chi connectivity index (χ1v) is 7.84. The van der Waals surface area contributed by atoms with Crippen molar-refractivity contribution in [2.24, 2.45) is 5.73 Å². The first-order valence-electron chi connectivity index (χ1n) is 7.84. The van der Waals surface area contributed by atoms with Gasteiger partial charge in [0.25, 0.3) is 5.91 Å². The maximum absolute atomic E-state index is 14.0. The Balaban J connectivity index is 2.03. The van der Waals surface area contributed by atoms with Crippen LogP contribution in [-0.2, 0) is 21.5 Å². The minimum Gasteiger partial charge on any atom is -0.484 e. The molecule has 0 radical (unpaired) electrons. The molecule has 2 aromatic rings. The lowest BCUT2D eigenvalue weighted by Gasteiger charge is -2.24. The topological polar surface area (TPSA) is 81.4 Å². The Bertz CT molecular complexity index is 775. The zero-order valence-electron chi connectivity index (χ0n) is 14.2. The van der Waals surface area contributed by atoms with E-state index in [2.05, 4.69) is 5.32 Å². The number of benzene rings is 2. The van der Waals surface area contributed by atoms with Crippen molar-refractivity contribution in [1.82, 2.24) is 5.32 Å². The van der Waals surface area contributed by atoms with Gasteiger partial charge >= 0.3 is 0 Å². The van der Waals surface area contributed by atoms with Gasteiger partial charge in [-0.3, -0.25) is 9.59 Å². The van der Waals surface area contributed by atoms with Crippen molar-refractivity contribution in [2.75, 3.05) is 6.61 Å². The summed E-state index contributed by atoms with van der Waals surface area (Å²) in [5.41, 5.74) is 5.16. The first kappa shape index (κ1) is 18.4. The fourth-order valence-electron chi connectivity index (χ4n) is 2.39. The zero-order valence-corrected chi connectivity index (χ0v) is 14.2. The molecule has 6 heteroatoms. The number of carbonyl (C=O) groups is 2. The molecule has 0 unspecified atom stereocenters. The van der Waals surface area contributed by atoms with Crippen LogP contribution in [0.5, 0.6) is 5.75 Å². The number of primary amides is 1. The SMILES string of the molecule is CC(C)(C(=O)NCc1cccc(OCC(N)=O)c1)c1ccccc1F. The summed E-state index contributed by atoms with van der Waals surface area (Å²) in [6, 6.07) is 13.2. The van der Waals surface area contributed by atoms with Gasteiger partial charge in [0.1, 0.15) is 11.6 Å². The fourth-order valence-corrected chi connectivity index (χ4v) is 2.39. The Morgan fingerprint density at radius 3 is 2.56 bits per heavy atom. The van der Waals surface area contributed by atoms with Crippen molar-refractivity contribution < 1.29 is 18.7 Å². The molecule has 0 spiro atoms. The van der Waals surface area contributed by atoms with E-state index in [1.807, 2.05) is 6.07 Å². The molecule has 0 heterocycles. The molecule has 0 saturated heterocycles. The van der Waals surface area contributed by atoms with E-state index in [1.54, 1.807) is 50.2 Å². The minimum absolute atomic E-state index is 0.212. The number of rotatable bonds is 7. The lowest BCUT2D eigenvalue weighted by atomic mass is 9.83. The molecule has 0 fully saturated rings. The Morgan fingerprint density at radius 1 is 1.16 bits per heavy atom. The van der Waals surface area contributed by atoms with Gasteiger partial charge in [0.05, 0.1) is 5.41 Å². The van der Waals surface area contributed by atoms with Crippen LogP contribution in [0.1, 0.15) is 25.0 Å². The van der Waals surface area contributed by atoms with Crippen molar-refractivity contribution in [1.29, 1.82) is 0 Å². The summed E-state index contributed by atoms with van der Waals surface area (Å²) in [4.78, 5) is 23.3. The summed E-state index contributed by atoms with van der Waals surface area (Å²) in [5, 5.41) is 2.80. The molecule has 0 aliphatic carbocycles. The third kappa shape index (κ3) is 4.79. The van der Waals surface area contributed by atoms with Crippen LogP contribution in [0, 0.1) is 5.82 Å². The highest BCUT2D eigenvalue weighted by Gasteiger charge is 2.31. The van der Waals surface area contributed by atoms with Gasteiger partial charge in [-0.05, 0) is 37.6 Å². The molecule has 0 aromatic heterocycles. The molecule has 0 bridgehead atoms. The van der Waals surface area contributed by atoms with Crippen molar-refractivity contribution in [3.8, 4) is 5.75 Å². The fraction of sp³-hybridized carbons (Fsp3) is 0.263. The molecule has 3 N–H and O–H groups in total. The Labute approximate surface area is 146 Å². The van der Waals surface area contributed by atoms with E-state index < -0.39 is 17.1 Å². The summed E-state index contributed by atoms with van der Waals surface area (Å²) in [5.74, 6) is -0.783. The molecule has 132 valence electrons. The van der Waals surface area contributed by atoms with Gasteiger partial charge in [-0.15, -0.1) is 0 Å². The van der Waals surface area contributed by atoms with Gasteiger partial charge in [0.2, 0.25) is 5.91 Å². The van der Waals surface area contributed by atoms with Gasteiger partial charge in [-0.25, -0.2) is 4.39 Å². The van der Waals surface area contributed by atoms with Crippen molar-refractivity contribution in [3.05, 3.63) is 65.5 Å². The van der Waals surface area contributed by atoms with E-state index in [9.17, 15) is 14.0 Å². The van der Waals surface area contributed by atoms with E-state index in [1.165, 1.54) is 6.07 Å². The molecule has 2 aromatic carbocycles. The summed E-state index contributed by atoms with van der Waals surface area (Å²) in [7, 11) is 0. The van der Waals surface area contributed by atoms with Crippen LogP contribution in [0.2, 0.25) is 0 Å². The summed E-state index contributed by atoms with van der Waals surface area (Å²) >= 11 is 0. The second kappa shape index (κ2) is 7.79. The second-order valence-corrected chi connectivity index (χ2v) is 6.19. The molecule has 0 aliphatic heterocycles. The normalized spacial score (nSPS) is 11.0. The van der Waals surface area contributed by atoms with E-state index in [-0.39, 0.29) is 19.1 Å². The smallest absolute Gasteiger partial charge is 0.255 e. The highest BCUT2D eigenvalue weighted by atomic mass is 19.1. The van der Waals surface area contributed by atoms with Gasteiger partial charge in [0.15, 0.2) is 6.61 Å². The summed E-state index contributed by atoms with van der Waals surface area (Å²) < 4.78 is 19.2. The van der Waals surface area contributed by atoms with Crippen LogP contribution in [0.4, 0.5) is 4.39 Å². The van der Waals surface area contributed by atoms with Crippen LogP contribution >= 0.6 is 0 Å². The van der Waals surface area contributed by atoms with Crippen LogP contribution in [0.3, 0.4) is 0 Å². The molecule has 2 rings (SSSR count). The summed E-state index contributed by atoms with van der Waals surface area (Å²) in [6.07, 6.45) is 0. The first-order chi connectivity index (χ1) is 11.8. The molecule has 2 amide bonds. The van der Waals surface area contributed by atoms with Gasteiger partial charge < -0.3 is 15.8 Å². The van der Waals surface area contributed by atoms with Crippen LogP contribution in [-0.4, -0.2) is 18.4 Å². The number of amides is 2. The average molecular weight is 344 g/mol. The number of halogens is 1. The lowest BCUT2D eigenvalue weighted by Crippen LogP contribution is -2.40. The van der Waals surface area contributed by atoms with Gasteiger partial charge in [-0.1, -0.05) is 30.3 Å². The third-order valence-corrected chi connectivity index (χ3v) is 3.85. The molecule has 25 heavy (non-hydrogen) atoms. The van der Waals surface area contributed by atoms with Gasteiger partial charge in [-0.2, -0.15) is 0 Å². The van der Waals surface area contributed by atoms with E-state index >= 15 is 0 Å². The highest BCUT2D eigenvalue weighted by molar-refractivity contribution is 5.87. The predicted octanol–water partition coefficient (Wildman–Crippen LogP) is 2.28. The standard InChI is InChI=1S/C19H21FN2O3/c1-19(2,15-8-3-4-9-16(15)20)18(24)22-11-13-6-5-7-14(10-13)25-12-17(21)23/h3-10H,11-12H2,1-2H3,(H2,21,23)(H,22,24). The Hall–Kier alpha value is -2.89. The van der Waals surface area contributed by atoms with Crippen LogP contribution in [0.25, 0.3) is 0 Å². The Morgan fingerprint density at radius 2 is 1.88 bits per heavy atom. The summed E-state index contributed by atoms with van der Waals surface area (Å²) in [6.45, 7) is 3.39. The largest absolute Gasteiger partial charge is 0.484 e. The molecule has 0 saturated carbocycles. The van der Waals surface area contributed by atoms with E-state index in [0.717, 1.165) is 5.56 Å². The molecule has 5 nitrogen and oxygen atoms in total. The molecular formula is C19H21FN2O3. The quantitative estimate of drug-likeness (QED) is 0.808. The van der Waals surface area contributed by atoms with Crippen molar-refractivity contribution >= 4 is 11.8 Å². The molecule has 0 aliphatic rings. The number of nitrogens with one attached hydrogen (secondary N) is 1. The maximum Gasteiger partial charge on any atom is 0.255 e. The van der Waals surface area contributed by atoms with E-state index in [4.69, 9.17) is 10.5 Å². The predicted molar refractivity (Wildman–Crippen MR) is 92.4 cm³/mol. The monoisotopic (exact) mass is 344 g/mol. The number of nitrogens with two attached hydrogens (primary N) is 1. The molecular weight excluding hydrogens is 323 g/mol. The molecule has 0 atom stereocenters. The Kier molecular flexibility index (Phi) is 5.75. The zero-order chi connectivity index (χ0) is 18.4. The van der Waals surface area contributed by atoms with E-state index in [0.29, 0.717) is 11.3 Å². The van der Waals surface area contributed by atoms with Gasteiger partial charge in [0, 0.05) is 12.1 Å². The number of ether oxygens (including phenoxy) is 1.